The molecule has 1 aromatic heterocycles. The molecular formula is C24H26ClN5O2S. The van der Waals surface area contributed by atoms with E-state index < -0.39 is 0 Å². The number of carbonyl (C=O) groups excluding carboxylic acids is 2. The van der Waals surface area contributed by atoms with Gasteiger partial charge in [0.15, 0.2) is 5.16 Å². The van der Waals surface area contributed by atoms with E-state index in [-0.39, 0.29) is 17.6 Å². The average Bonchev–Trinajstić information content (AvgIpc) is 3.32. The third-order valence-corrected chi connectivity index (χ3v) is 6.77. The summed E-state index contributed by atoms with van der Waals surface area (Å²) in [6, 6.07) is 17.6. The van der Waals surface area contributed by atoms with Crippen molar-refractivity contribution in [1.29, 1.82) is 0 Å². The highest BCUT2D eigenvalue weighted by Crippen LogP contribution is 2.22. The van der Waals surface area contributed by atoms with E-state index in [1.807, 2.05) is 50.8 Å². The summed E-state index contributed by atoms with van der Waals surface area (Å²) < 4.78 is 1.82. The summed E-state index contributed by atoms with van der Waals surface area (Å²) >= 11 is 7.43. The number of piperazine rings is 1. The lowest BCUT2D eigenvalue weighted by Gasteiger charge is -2.34. The smallest absolute Gasteiger partial charge is 0.233 e. The molecule has 0 bridgehead atoms. The van der Waals surface area contributed by atoms with Gasteiger partial charge in [-0.25, -0.2) is 0 Å². The van der Waals surface area contributed by atoms with Crippen LogP contribution in [0.1, 0.15) is 18.4 Å². The fourth-order valence-electron chi connectivity index (χ4n) is 3.80. The van der Waals surface area contributed by atoms with Crippen LogP contribution in [0, 0.1) is 0 Å². The van der Waals surface area contributed by atoms with Gasteiger partial charge in [0.05, 0.1) is 11.4 Å². The van der Waals surface area contributed by atoms with Crippen molar-refractivity contribution in [1.82, 2.24) is 24.6 Å². The number of nitrogens with zero attached hydrogens (tertiary/aromatic N) is 5. The maximum Gasteiger partial charge on any atom is 0.233 e. The Labute approximate surface area is 202 Å². The van der Waals surface area contributed by atoms with E-state index in [0.717, 1.165) is 18.5 Å². The molecule has 2 amide bonds. The van der Waals surface area contributed by atoms with Gasteiger partial charge in [-0.05, 0) is 36.6 Å². The van der Waals surface area contributed by atoms with Crippen LogP contribution in [0.2, 0.25) is 5.02 Å². The summed E-state index contributed by atoms with van der Waals surface area (Å²) in [7, 11) is 0. The molecule has 0 N–H and O–H groups in total. The largest absolute Gasteiger partial charge is 0.339 e. The minimum Gasteiger partial charge on any atom is -0.339 e. The number of thioether (sulfide) groups is 1. The molecule has 3 aromatic rings. The molecule has 33 heavy (non-hydrogen) atoms. The van der Waals surface area contributed by atoms with Crippen molar-refractivity contribution in [2.24, 2.45) is 0 Å². The molecule has 1 saturated heterocycles. The van der Waals surface area contributed by atoms with Gasteiger partial charge >= 0.3 is 0 Å². The maximum atomic E-state index is 12.7. The molecule has 4 rings (SSSR count). The Kier molecular flexibility index (Phi) is 8.01. The Balaban J connectivity index is 1.21. The fourth-order valence-corrected chi connectivity index (χ4v) is 4.81. The molecule has 7 nitrogen and oxygen atoms in total. The Hall–Kier alpha value is -2.84. The molecule has 0 spiro atoms. The van der Waals surface area contributed by atoms with Gasteiger partial charge in [0.2, 0.25) is 11.8 Å². The van der Waals surface area contributed by atoms with Crippen LogP contribution < -0.4 is 0 Å². The van der Waals surface area contributed by atoms with Crippen LogP contribution >= 0.6 is 23.4 Å². The SMILES string of the molecule is O=C(CCCc1ccccc1)N1CCN(C(=O)CSc2nncn2-c2cccc(Cl)c2)CC1. The second-order valence-corrected chi connectivity index (χ2v) is 9.23. The van der Waals surface area contributed by atoms with E-state index in [4.69, 9.17) is 11.6 Å². The van der Waals surface area contributed by atoms with Gasteiger partial charge in [0, 0.05) is 37.6 Å². The lowest BCUT2D eigenvalue weighted by Crippen LogP contribution is -2.51. The minimum atomic E-state index is 0.0387. The second kappa shape index (κ2) is 11.3. The van der Waals surface area contributed by atoms with Crippen molar-refractivity contribution in [3.8, 4) is 5.69 Å². The summed E-state index contributed by atoms with van der Waals surface area (Å²) in [6.45, 7) is 2.29. The van der Waals surface area contributed by atoms with Crippen LogP contribution in [0.4, 0.5) is 0 Å². The van der Waals surface area contributed by atoms with Crippen molar-refractivity contribution in [3.63, 3.8) is 0 Å². The average molecular weight is 484 g/mol. The van der Waals surface area contributed by atoms with Crippen LogP contribution in [-0.2, 0) is 16.0 Å². The van der Waals surface area contributed by atoms with E-state index in [1.165, 1.54) is 17.3 Å². The first-order chi connectivity index (χ1) is 16.1. The second-order valence-electron chi connectivity index (χ2n) is 7.85. The van der Waals surface area contributed by atoms with Gasteiger partial charge in [-0.15, -0.1) is 10.2 Å². The molecule has 1 aliphatic heterocycles. The highest BCUT2D eigenvalue weighted by atomic mass is 35.5. The molecule has 0 unspecified atom stereocenters. The number of rotatable bonds is 8. The van der Waals surface area contributed by atoms with Crippen LogP contribution in [0.5, 0.6) is 0 Å². The van der Waals surface area contributed by atoms with Crippen molar-refractivity contribution < 1.29 is 9.59 Å². The van der Waals surface area contributed by atoms with E-state index in [0.29, 0.717) is 42.8 Å². The number of aromatic nitrogens is 3. The number of halogens is 1. The van der Waals surface area contributed by atoms with Crippen molar-refractivity contribution in [2.75, 3.05) is 31.9 Å². The summed E-state index contributed by atoms with van der Waals surface area (Å²) in [4.78, 5) is 28.9. The highest BCUT2D eigenvalue weighted by molar-refractivity contribution is 7.99. The maximum absolute atomic E-state index is 12.7. The first kappa shape index (κ1) is 23.3. The molecule has 2 aromatic carbocycles. The molecule has 0 saturated carbocycles. The minimum absolute atomic E-state index is 0.0387. The van der Waals surface area contributed by atoms with Gasteiger partial charge < -0.3 is 9.80 Å². The Morgan fingerprint density at radius 1 is 0.939 bits per heavy atom. The van der Waals surface area contributed by atoms with E-state index >= 15 is 0 Å². The first-order valence-corrected chi connectivity index (χ1v) is 12.3. The molecule has 2 heterocycles. The van der Waals surface area contributed by atoms with Crippen LogP contribution in [0.15, 0.2) is 66.1 Å². The summed E-state index contributed by atoms with van der Waals surface area (Å²) in [5.74, 6) is 0.475. The number of carbonyl (C=O) groups is 2. The standard InChI is InChI=1S/C24H26ClN5O2S/c25-20-9-5-10-21(16-20)30-18-26-27-24(30)33-17-23(32)29-14-12-28(13-15-29)22(31)11-4-8-19-6-2-1-3-7-19/h1-3,5-7,9-10,16,18H,4,8,11-15,17H2. The topological polar surface area (TPSA) is 71.3 Å². The van der Waals surface area contributed by atoms with Crippen molar-refractivity contribution in [2.45, 2.75) is 24.4 Å². The first-order valence-electron chi connectivity index (χ1n) is 11.0. The highest BCUT2D eigenvalue weighted by Gasteiger charge is 2.24. The Morgan fingerprint density at radius 3 is 2.39 bits per heavy atom. The van der Waals surface area contributed by atoms with Crippen molar-refractivity contribution >= 4 is 35.2 Å². The molecule has 0 atom stereocenters. The number of aryl methyl sites for hydroxylation is 1. The monoisotopic (exact) mass is 483 g/mol. The van der Waals surface area contributed by atoms with Crippen molar-refractivity contribution in [3.05, 3.63) is 71.5 Å². The normalized spacial score (nSPS) is 13.8. The molecule has 0 radical (unpaired) electrons. The van der Waals surface area contributed by atoms with Gasteiger partial charge in [0.1, 0.15) is 6.33 Å². The Morgan fingerprint density at radius 2 is 1.67 bits per heavy atom. The molecule has 172 valence electrons. The van der Waals surface area contributed by atoms with Gasteiger partial charge in [-0.2, -0.15) is 0 Å². The van der Waals surface area contributed by atoms with Crippen LogP contribution in [0.3, 0.4) is 0 Å². The summed E-state index contributed by atoms with van der Waals surface area (Å²) in [5.41, 5.74) is 2.10. The predicted molar refractivity (Wildman–Crippen MR) is 130 cm³/mol. The fraction of sp³-hybridized carbons (Fsp3) is 0.333. The third kappa shape index (κ3) is 6.36. The summed E-state index contributed by atoms with van der Waals surface area (Å²) in [5, 5.41) is 9.37. The molecular weight excluding hydrogens is 458 g/mol. The van der Waals surface area contributed by atoms with Crippen LogP contribution in [-0.4, -0.2) is 68.3 Å². The lowest BCUT2D eigenvalue weighted by atomic mass is 10.1. The molecule has 1 aliphatic rings. The molecule has 1 fully saturated rings. The molecule has 0 aliphatic carbocycles. The third-order valence-electron chi connectivity index (χ3n) is 5.61. The number of benzene rings is 2. The summed E-state index contributed by atoms with van der Waals surface area (Å²) in [6.07, 6.45) is 3.90. The Bertz CT molecular complexity index is 1080. The van der Waals surface area contributed by atoms with E-state index in [1.54, 1.807) is 12.4 Å². The van der Waals surface area contributed by atoms with Crippen LogP contribution in [0.25, 0.3) is 5.69 Å². The number of hydrogen-bond donors (Lipinski definition) is 0. The van der Waals surface area contributed by atoms with Gasteiger partial charge in [-0.1, -0.05) is 59.8 Å². The predicted octanol–water partition coefficient (Wildman–Crippen LogP) is 3.71. The number of amides is 2. The zero-order chi connectivity index (χ0) is 23.0. The number of hydrogen-bond acceptors (Lipinski definition) is 5. The zero-order valence-electron chi connectivity index (χ0n) is 18.3. The lowest BCUT2D eigenvalue weighted by molar-refractivity contribution is -0.138. The van der Waals surface area contributed by atoms with Gasteiger partial charge in [0.25, 0.3) is 0 Å². The van der Waals surface area contributed by atoms with Gasteiger partial charge in [-0.3, -0.25) is 14.2 Å². The zero-order valence-corrected chi connectivity index (χ0v) is 19.8. The quantitative estimate of drug-likeness (QED) is 0.457. The van der Waals surface area contributed by atoms with E-state index in [2.05, 4.69) is 22.3 Å². The van der Waals surface area contributed by atoms with E-state index in [9.17, 15) is 9.59 Å². The molecule has 9 heteroatoms.